The second kappa shape index (κ2) is 3.49. The lowest BCUT2D eigenvalue weighted by molar-refractivity contribution is 0.591. The van der Waals surface area contributed by atoms with Crippen molar-refractivity contribution >= 4 is 22.6 Å². The number of hydrogen-bond donors (Lipinski definition) is 1. The molecule has 1 atom stereocenters. The second-order valence-electron chi connectivity index (χ2n) is 2.42. The van der Waals surface area contributed by atoms with Crippen LogP contribution in [0.1, 0.15) is 18.5 Å². The first-order valence-electron chi connectivity index (χ1n) is 3.32. The van der Waals surface area contributed by atoms with Crippen molar-refractivity contribution in [1.82, 2.24) is 0 Å². The fourth-order valence-electron chi connectivity index (χ4n) is 0.946. The van der Waals surface area contributed by atoms with Crippen LogP contribution in [-0.2, 0) is 0 Å². The molecule has 60 valence electrons. The van der Waals surface area contributed by atoms with Gasteiger partial charge in [-0.2, -0.15) is 0 Å². The van der Waals surface area contributed by atoms with Gasteiger partial charge in [-0.25, -0.2) is 4.39 Å². The Morgan fingerprint density at radius 3 is 2.55 bits per heavy atom. The first-order valence-corrected chi connectivity index (χ1v) is 4.40. The Kier molecular flexibility index (Phi) is 2.84. The molecule has 0 aliphatic carbocycles. The molecule has 1 rings (SSSR count). The molecule has 0 aliphatic rings. The highest BCUT2D eigenvalue weighted by atomic mass is 127. The van der Waals surface area contributed by atoms with Crippen LogP contribution < -0.4 is 5.73 Å². The fraction of sp³-hybridized carbons (Fsp3) is 0.250. The summed E-state index contributed by atoms with van der Waals surface area (Å²) in [5.74, 6) is -0.216. The van der Waals surface area contributed by atoms with Crippen molar-refractivity contribution in [3.05, 3.63) is 33.1 Å². The third-order valence-corrected chi connectivity index (χ3v) is 2.40. The maximum Gasteiger partial charge on any atom is 0.129 e. The molecule has 2 N–H and O–H groups in total. The SMILES string of the molecule is CC(N)c1c(F)cccc1I. The van der Waals surface area contributed by atoms with Gasteiger partial charge in [-0.3, -0.25) is 0 Å². The van der Waals surface area contributed by atoms with Crippen molar-refractivity contribution in [2.45, 2.75) is 13.0 Å². The van der Waals surface area contributed by atoms with E-state index in [9.17, 15) is 4.39 Å². The molecule has 1 aromatic rings. The second-order valence-corrected chi connectivity index (χ2v) is 3.59. The van der Waals surface area contributed by atoms with Crippen LogP contribution in [0.5, 0.6) is 0 Å². The van der Waals surface area contributed by atoms with Crippen LogP contribution in [0.2, 0.25) is 0 Å². The highest BCUT2D eigenvalue weighted by Gasteiger charge is 2.09. The smallest absolute Gasteiger partial charge is 0.129 e. The standard InChI is InChI=1S/C8H9FIN/c1-5(11)8-6(9)3-2-4-7(8)10/h2-5H,11H2,1H3. The molecule has 3 heteroatoms. The zero-order valence-corrected chi connectivity index (χ0v) is 8.30. The summed E-state index contributed by atoms with van der Waals surface area (Å²) in [7, 11) is 0. The molecular formula is C8H9FIN. The molecule has 11 heavy (non-hydrogen) atoms. The predicted molar refractivity (Wildman–Crippen MR) is 51.7 cm³/mol. The zero-order chi connectivity index (χ0) is 8.43. The van der Waals surface area contributed by atoms with Gasteiger partial charge in [0.15, 0.2) is 0 Å². The van der Waals surface area contributed by atoms with Crippen molar-refractivity contribution in [2.24, 2.45) is 5.73 Å². The lowest BCUT2D eigenvalue weighted by Crippen LogP contribution is -2.09. The number of rotatable bonds is 1. The summed E-state index contributed by atoms with van der Waals surface area (Å²) < 4.78 is 13.9. The summed E-state index contributed by atoms with van der Waals surface area (Å²) in [6, 6.07) is 4.73. The number of nitrogens with two attached hydrogens (primary N) is 1. The Hall–Kier alpha value is -0.160. The van der Waals surface area contributed by atoms with Gasteiger partial charge in [-0.05, 0) is 41.6 Å². The molecule has 0 amide bonds. The van der Waals surface area contributed by atoms with Crippen LogP contribution >= 0.6 is 22.6 Å². The van der Waals surface area contributed by atoms with Gasteiger partial charge in [-0.15, -0.1) is 0 Å². The molecule has 0 saturated carbocycles. The minimum Gasteiger partial charge on any atom is -0.324 e. The monoisotopic (exact) mass is 265 g/mol. The third kappa shape index (κ3) is 1.90. The van der Waals surface area contributed by atoms with E-state index in [1.165, 1.54) is 6.07 Å². The molecular weight excluding hydrogens is 256 g/mol. The van der Waals surface area contributed by atoms with Gasteiger partial charge in [0.2, 0.25) is 0 Å². The summed E-state index contributed by atoms with van der Waals surface area (Å²) in [5.41, 5.74) is 6.18. The summed E-state index contributed by atoms with van der Waals surface area (Å²) in [5, 5.41) is 0. The quantitative estimate of drug-likeness (QED) is 0.775. The first kappa shape index (κ1) is 8.93. The van der Waals surface area contributed by atoms with Crippen molar-refractivity contribution in [1.29, 1.82) is 0 Å². The van der Waals surface area contributed by atoms with E-state index in [2.05, 4.69) is 22.6 Å². The third-order valence-electron chi connectivity index (χ3n) is 1.46. The average Bonchev–Trinajstić information content (AvgIpc) is 1.85. The highest BCUT2D eigenvalue weighted by Crippen LogP contribution is 2.20. The van der Waals surface area contributed by atoms with Crippen molar-refractivity contribution in [3.8, 4) is 0 Å². The molecule has 0 spiro atoms. The summed E-state index contributed by atoms with van der Waals surface area (Å²) in [6.07, 6.45) is 0. The van der Waals surface area contributed by atoms with Gasteiger partial charge in [-0.1, -0.05) is 6.07 Å². The van der Waals surface area contributed by atoms with E-state index in [1.807, 2.05) is 6.07 Å². The lowest BCUT2D eigenvalue weighted by Gasteiger charge is -2.08. The minimum absolute atomic E-state index is 0.216. The fourth-order valence-corrected chi connectivity index (χ4v) is 1.90. The molecule has 0 aromatic heterocycles. The Balaban J connectivity index is 3.21. The average molecular weight is 265 g/mol. The molecule has 0 heterocycles. The van der Waals surface area contributed by atoms with Gasteiger partial charge >= 0.3 is 0 Å². The van der Waals surface area contributed by atoms with Crippen molar-refractivity contribution < 1.29 is 4.39 Å². The highest BCUT2D eigenvalue weighted by molar-refractivity contribution is 14.1. The van der Waals surface area contributed by atoms with E-state index in [0.29, 0.717) is 5.56 Å². The molecule has 0 fully saturated rings. The lowest BCUT2D eigenvalue weighted by atomic mass is 10.1. The molecule has 1 nitrogen and oxygen atoms in total. The van der Waals surface area contributed by atoms with Gasteiger partial charge in [0.05, 0.1) is 0 Å². The molecule has 1 aromatic carbocycles. The molecule has 0 saturated heterocycles. The zero-order valence-electron chi connectivity index (χ0n) is 6.14. The van der Waals surface area contributed by atoms with Crippen LogP contribution in [0.25, 0.3) is 0 Å². The Labute approximate surface area is 78.9 Å². The van der Waals surface area contributed by atoms with E-state index in [-0.39, 0.29) is 11.9 Å². The van der Waals surface area contributed by atoms with Crippen molar-refractivity contribution in [2.75, 3.05) is 0 Å². The largest absolute Gasteiger partial charge is 0.324 e. The van der Waals surface area contributed by atoms with Crippen LogP contribution in [-0.4, -0.2) is 0 Å². The van der Waals surface area contributed by atoms with Crippen LogP contribution in [0.4, 0.5) is 4.39 Å². The summed E-state index contributed by atoms with van der Waals surface area (Å²) in [4.78, 5) is 0. The van der Waals surface area contributed by atoms with E-state index < -0.39 is 0 Å². The van der Waals surface area contributed by atoms with E-state index in [4.69, 9.17) is 5.73 Å². The van der Waals surface area contributed by atoms with E-state index in [1.54, 1.807) is 13.0 Å². The first-order chi connectivity index (χ1) is 5.13. The molecule has 0 aliphatic heterocycles. The van der Waals surface area contributed by atoms with Gasteiger partial charge in [0.1, 0.15) is 5.82 Å². The molecule has 0 bridgehead atoms. The maximum atomic E-state index is 13.0. The van der Waals surface area contributed by atoms with Gasteiger partial charge in [0.25, 0.3) is 0 Å². The number of benzene rings is 1. The summed E-state index contributed by atoms with van der Waals surface area (Å²) in [6.45, 7) is 1.78. The van der Waals surface area contributed by atoms with Crippen LogP contribution in [0, 0.1) is 9.39 Å². The van der Waals surface area contributed by atoms with E-state index >= 15 is 0 Å². The number of hydrogen-bond acceptors (Lipinski definition) is 1. The normalized spacial score (nSPS) is 13.1. The van der Waals surface area contributed by atoms with Crippen molar-refractivity contribution in [3.63, 3.8) is 0 Å². The Morgan fingerprint density at radius 1 is 1.55 bits per heavy atom. The maximum absolute atomic E-state index is 13.0. The number of halogens is 2. The predicted octanol–water partition coefficient (Wildman–Crippen LogP) is 2.45. The Bertz CT molecular complexity index is 240. The van der Waals surface area contributed by atoms with Gasteiger partial charge < -0.3 is 5.73 Å². The van der Waals surface area contributed by atoms with E-state index in [0.717, 1.165) is 3.57 Å². The minimum atomic E-state index is -0.233. The molecule has 1 unspecified atom stereocenters. The Morgan fingerprint density at radius 2 is 2.18 bits per heavy atom. The topological polar surface area (TPSA) is 26.0 Å². The molecule has 0 radical (unpaired) electrons. The van der Waals surface area contributed by atoms with Crippen LogP contribution in [0.15, 0.2) is 18.2 Å². The summed E-state index contributed by atoms with van der Waals surface area (Å²) >= 11 is 2.08. The van der Waals surface area contributed by atoms with Gasteiger partial charge in [0, 0.05) is 15.2 Å². The van der Waals surface area contributed by atoms with Crippen LogP contribution in [0.3, 0.4) is 0 Å².